The highest BCUT2D eigenvalue weighted by atomic mass is 35.5. The molecular weight excluding hydrogens is 287 g/mol. The number of nitrogens with zero attached hydrogens (tertiary/aromatic N) is 1. The highest BCUT2D eigenvalue weighted by Gasteiger charge is 2.26. The minimum absolute atomic E-state index is 0. The first-order valence-electron chi connectivity index (χ1n) is 6.29. The van der Waals surface area contributed by atoms with Gasteiger partial charge in [-0.05, 0) is 28.3 Å². The van der Waals surface area contributed by atoms with Crippen LogP contribution in [0.3, 0.4) is 0 Å². The zero-order valence-electron chi connectivity index (χ0n) is 11.1. The molecule has 0 radical (unpaired) electrons. The van der Waals surface area contributed by atoms with Gasteiger partial charge in [-0.3, -0.25) is 4.90 Å². The van der Waals surface area contributed by atoms with Crippen LogP contribution in [-0.4, -0.2) is 31.1 Å². The van der Waals surface area contributed by atoms with Gasteiger partial charge in [-0.25, -0.2) is 0 Å². The van der Waals surface area contributed by atoms with Crippen LogP contribution >= 0.6 is 36.2 Å². The Hall–Kier alpha value is 0.200. The van der Waals surface area contributed by atoms with Crippen molar-refractivity contribution in [3.05, 3.63) is 22.4 Å². The molecule has 2 atom stereocenters. The number of thiophene rings is 1. The molecule has 2 nitrogen and oxygen atoms in total. The van der Waals surface area contributed by atoms with Crippen molar-refractivity contribution in [2.45, 2.75) is 26.3 Å². The molecular formula is C13H24Cl2N2S. The van der Waals surface area contributed by atoms with Crippen molar-refractivity contribution in [2.75, 3.05) is 26.2 Å². The second-order valence-electron chi connectivity index (χ2n) is 4.67. The van der Waals surface area contributed by atoms with E-state index in [2.05, 4.69) is 40.9 Å². The highest BCUT2D eigenvalue weighted by molar-refractivity contribution is 7.07. The molecule has 0 aromatic carbocycles. The van der Waals surface area contributed by atoms with Crippen molar-refractivity contribution in [1.29, 1.82) is 0 Å². The highest BCUT2D eigenvalue weighted by Crippen LogP contribution is 2.32. The number of rotatable bonds is 4. The Labute approximate surface area is 127 Å². The van der Waals surface area contributed by atoms with Crippen molar-refractivity contribution in [2.24, 2.45) is 5.92 Å². The molecule has 1 aliphatic heterocycles. The van der Waals surface area contributed by atoms with Gasteiger partial charge in [0.1, 0.15) is 0 Å². The summed E-state index contributed by atoms with van der Waals surface area (Å²) in [4.78, 5) is 2.65. The topological polar surface area (TPSA) is 15.3 Å². The SMILES string of the molecule is CCC(C)[C@@H](c1ccsc1)N1CCNCC1.Cl.Cl. The van der Waals surface area contributed by atoms with Gasteiger partial charge >= 0.3 is 0 Å². The summed E-state index contributed by atoms with van der Waals surface area (Å²) < 4.78 is 0. The van der Waals surface area contributed by atoms with E-state index >= 15 is 0 Å². The third kappa shape index (κ3) is 4.39. The van der Waals surface area contributed by atoms with Crippen molar-refractivity contribution in [3.63, 3.8) is 0 Å². The van der Waals surface area contributed by atoms with Crippen LogP contribution in [0.1, 0.15) is 31.9 Å². The molecule has 1 unspecified atom stereocenters. The molecule has 0 saturated carbocycles. The van der Waals surface area contributed by atoms with E-state index in [1.807, 2.05) is 11.3 Å². The van der Waals surface area contributed by atoms with E-state index in [1.165, 1.54) is 25.1 Å². The summed E-state index contributed by atoms with van der Waals surface area (Å²) in [7, 11) is 0. The molecule has 5 heteroatoms. The molecule has 1 aromatic rings. The molecule has 1 fully saturated rings. The summed E-state index contributed by atoms with van der Waals surface area (Å²) in [5.41, 5.74) is 1.52. The molecule has 0 amide bonds. The smallest absolute Gasteiger partial charge is 0.0382 e. The molecule has 1 aromatic heterocycles. The van der Waals surface area contributed by atoms with Gasteiger partial charge in [0.15, 0.2) is 0 Å². The normalized spacial score (nSPS) is 19.4. The van der Waals surface area contributed by atoms with Crippen LogP contribution in [0.4, 0.5) is 0 Å². The molecule has 1 aliphatic rings. The van der Waals surface area contributed by atoms with Crippen molar-refractivity contribution >= 4 is 36.2 Å². The number of hydrogen-bond acceptors (Lipinski definition) is 3. The van der Waals surface area contributed by atoms with Gasteiger partial charge in [0.05, 0.1) is 0 Å². The maximum Gasteiger partial charge on any atom is 0.0382 e. The van der Waals surface area contributed by atoms with Gasteiger partial charge in [0.25, 0.3) is 0 Å². The third-order valence-corrected chi connectivity index (χ3v) is 4.31. The summed E-state index contributed by atoms with van der Waals surface area (Å²) in [6.45, 7) is 9.32. The van der Waals surface area contributed by atoms with Gasteiger partial charge in [-0.15, -0.1) is 24.8 Å². The van der Waals surface area contributed by atoms with E-state index in [0.29, 0.717) is 6.04 Å². The largest absolute Gasteiger partial charge is 0.314 e. The summed E-state index contributed by atoms with van der Waals surface area (Å²) in [5.74, 6) is 0.743. The second kappa shape index (κ2) is 9.16. The van der Waals surface area contributed by atoms with Crippen LogP contribution in [0.2, 0.25) is 0 Å². The number of hydrogen-bond donors (Lipinski definition) is 1. The maximum atomic E-state index is 3.43. The Kier molecular flexibility index (Phi) is 9.26. The molecule has 0 bridgehead atoms. The zero-order valence-corrected chi connectivity index (χ0v) is 13.5. The lowest BCUT2D eigenvalue weighted by Crippen LogP contribution is -2.46. The standard InChI is InChI=1S/C13H22N2S.2ClH/c1-3-11(2)13(12-4-9-16-10-12)15-7-5-14-6-8-15;;/h4,9-11,13-14H,3,5-8H2,1-2H3;2*1H/t11?,13-;;/m0../s1. The quantitative estimate of drug-likeness (QED) is 0.914. The maximum absolute atomic E-state index is 3.43. The lowest BCUT2D eigenvalue weighted by atomic mass is 9.92. The molecule has 0 aliphatic carbocycles. The molecule has 1 saturated heterocycles. The first-order chi connectivity index (χ1) is 7.83. The average molecular weight is 311 g/mol. The number of nitrogens with one attached hydrogen (secondary N) is 1. The van der Waals surface area contributed by atoms with Crippen molar-refractivity contribution in [1.82, 2.24) is 10.2 Å². The Balaban J connectivity index is 0.00000144. The molecule has 106 valence electrons. The van der Waals surface area contributed by atoms with Gasteiger partial charge < -0.3 is 5.32 Å². The van der Waals surface area contributed by atoms with Crippen LogP contribution in [-0.2, 0) is 0 Å². The molecule has 18 heavy (non-hydrogen) atoms. The van der Waals surface area contributed by atoms with E-state index < -0.39 is 0 Å². The van der Waals surface area contributed by atoms with E-state index in [4.69, 9.17) is 0 Å². The third-order valence-electron chi connectivity index (χ3n) is 3.61. The van der Waals surface area contributed by atoms with Crippen LogP contribution in [0.15, 0.2) is 16.8 Å². The second-order valence-corrected chi connectivity index (χ2v) is 5.45. The van der Waals surface area contributed by atoms with Crippen LogP contribution in [0, 0.1) is 5.92 Å². The monoisotopic (exact) mass is 310 g/mol. The Morgan fingerprint density at radius 1 is 1.33 bits per heavy atom. The first-order valence-corrected chi connectivity index (χ1v) is 7.24. The number of piperazine rings is 1. The van der Waals surface area contributed by atoms with Crippen LogP contribution < -0.4 is 5.32 Å². The minimum atomic E-state index is 0. The fraction of sp³-hybridized carbons (Fsp3) is 0.692. The summed E-state index contributed by atoms with van der Waals surface area (Å²) in [6, 6.07) is 2.92. The molecule has 2 heterocycles. The van der Waals surface area contributed by atoms with Crippen molar-refractivity contribution in [3.8, 4) is 0 Å². The fourth-order valence-corrected chi connectivity index (χ4v) is 3.22. The fourth-order valence-electron chi connectivity index (χ4n) is 2.53. The van der Waals surface area contributed by atoms with Gasteiger partial charge in [-0.1, -0.05) is 20.3 Å². The molecule has 1 N–H and O–H groups in total. The van der Waals surface area contributed by atoms with Gasteiger partial charge in [-0.2, -0.15) is 11.3 Å². The predicted molar refractivity (Wildman–Crippen MR) is 85.5 cm³/mol. The lowest BCUT2D eigenvalue weighted by Gasteiger charge is -2.38. The van der Waals surface area contributed by atoms with Crippen molar-refractivity contribution < 1.29 is 0 Å². The van der Waals surface area contributed by atoms with Crippen LogP contribution in [0.25, 0.3) is 0 Å². The van der Waals surface area contributed by atoms with E-state index in [1.54, 1.807) is 0 Å². The number of halogens is 2. The van der Waals surface area contributed by atoms with Gasteiger partial charge in [0.2, 0.25) is 0 Å². The zero-order chi connectivity index (χ0) is 11.4. The lowest BCUT2D eigenvalue weighted by molar-refractivity contribution is 0.129. The Morgan fingerprint density at radius 3 is 2.50 bits per heavy atom. The van der Waals surface area contributed by atoms with Gasteiger partial charge in [0, 0.05) is 32.2 Å². The van der Waals surface area contributed by atoms with E-state index in [-0.39, 0.29) is 24.8 Å². The summed E-state index contributed by atoms with van der Waals surface area (Å²) in [5, 5.41) is 7.95. The average Bonchev–Trinajstić information content (AvgIpc) is 2.84. The van der Waals surface area contributed by atoms with Crippen LogP contribution in [0.5, 0.6) is 0 Å². The van der Waals surface area contributed by atoms with E-state index in [9.17, 15) is 0 Å². The Bertz CT molecular complexity index is 300. The summed E-state index contributed by atoms with van der Waals surface area (Å²) in [6.07, 6.45) is 1.25. The van der Waals surface area contributed by atoms with E-state index in [0.717, 1.165) is 19.0 Å². The first kappa shape index (κ1) is 18.2. The molecule has 2 rings (SSSR count). The minimum Gasteiger partial charge on any atom is -0.314 e. The predicted octanol–water partition coefficient (Wildman–Crippen LogP) is 3.58. The molecule has 0 spiro atoms. The summed E-state index contributed by atoms with van der Waals surface area (Å²) >= 11 is 1.82. The Morgan fingerprint density at radius 2 is 2.00 bits per heavy atom.